The molecular formula is C26H32N4O3. The molecule has 0 saturated carbocycles. The lowest BCUT2D eigenvalue weighted by Crippen LogP contribution is -2.42. The summed E-state index contributed by atoms with van der Waals surface area (Å²) in [6, 6.07) is 14.6. The molecule has 0 radical (unpaired) electrons. The van der Waals surface area contributed by atoms with Gasteiger partial charge in [-0.1, -0.05) is 45.0 Å². The van der Waals surface area contributed by atoms with E-state index in [0.717, 1.165) is 37.0 Å². The number of hydrogen-bond donors (Lipinski definition) is 1. The van der Waals surface area contributed by atoms with E-state index in [9.17, 15) is 14.4 Å². The number of benzene rings is 2. The number of nitrogens with one attached hydrogen (secondary N) is 1. The van der Waals surface area contributed by atoms with E-state index in [4.69, 9.17) is 0 Å². The van der Waals surface area contributed by atoms with Crippen molar-refractivity contribution < 1.29 is 9.59 Å². The van der Waals surface area contributed by atoms with E-state index in [0.29, 0.717) is 29.6 Å². The Morgan fingerprint density at radius 2 is 1.55 bits per heavy atom. The number of amides is 2. The number of hydrogen-bond acceptors (Lipinski definition) is 3. The van der Waals surface area contributed by atoms with Crippen molar-refractivity contribution in [1.82, 2.24) is 14.0 Å². The van der Waals surface area contributed by atoms with Crippen LogP contribution >= 0.6 is 0 Å². The molecule has 1 fully saturated rings. The molecule has 33 heavy (non-hydrogen) atoms. The maximum absolute atomic E-state index is 13.3. The van der Waals surface area contributed by atoms with Gasteiger partial charge in [0.1, 0.15) is 6.54 Å². The summed E-state index contributed by atoms with van der Waals surface area (Å²) in [7, 11) is 0. The standard InChI is InChI=1S/C26H32N4O3/c1-4-13-29-22-11-7-8-12-23(22)30(26(29)33)17-24(31)27-21-10-6-5-9-20(21)25(32)28-15-18(2)14-19(3)16-28/h5-12,18-19H,4,13-17H2,1-3H3,(H,27,31). The zero-order valence-electron chi connectivity index (χ0n) is 19.6. The lowest BCUT2D eigenvalue weighted by molar-refractivity contribution is -0.116. The third kappa shape index (κ3) is 4.72. The van der Waals surface area contributed by atoms with Crippen LogP contribution in [-0.4, -0.2) is 38.9 Å². The summed E-state index contributed by atoms with van der Waals surface area (Å²) in [6.07, 6.45) is 1.94. The van der Waals surface area contributed by atoms with Crippen LogP contribution in [0.1, 0.15) is 44.0 Å². The highest BCUT2D eigenvalue weighted by Crippen LogP contribution is 2.25. The maximum atomic E-state index is 13.3. The molecule has 1 aliphatic rings. The largest absolute Gasteiger partial charge is 0.338 e. The van der Waals surface area contributed by atoms with Gasteiger partial charge in [-0.05, 0) is 48.9 Å². The van der Waals surface area contributed by atoms with Crippen LogP contribution in [0.5, 0.6) is 0 Å². The molecule has 2 heterocycles. The summed E-state index contributed by atoms with van der Waals surface area (Å²) in [6.45, 7) is 8.26. The monoisotopic (exact) mass is 448 g/mol. The minimum absolute atomic E-state index is 0.0685. The quantitative estimate of drug-likeness (QED) is 0.620. The Kier molecular flexibility index (Phi) is 6.67. The molecular weight excluding hydrogens is 416 g/mol. The fourth-order valence-electron chi connectivity index (χ4n) is 4.98. The molecule has 0 aliphatic carbocycles. The molecule has 4 rings (SSSR count). The Labute approximate surface area is 194 Å². The van der Waals surface area contributed by atoms with Crippen molar-refractivity contribution in [3.8, 4) is 0 Å². The number of anilines is 1. The first-order chi connectivity index (χ1) is 15.9. The number of likely N-dealkylation sites (tertiary alicyclic amines) is 1. The molecule has 7 nitrogen and oxygen atoms in total. The highest BCUT2D eigenvalue weighted by atomic mass is 16.2. The van der Waals surface area contributed by atoms with Gasteiger partial charge in [-0.15, -0.1) is 0 Å². The average molecular weight is 449 g/mol. The van der Waals surface area contributed by atoms with Crippen LogP contribution in [-0.2, 0) is 17.9 Å². The molecule has 1 aliphatic heterocycles. The molecule has 1 N–H and O–H groups in total. The van der Waals surface area contributed by atoms with Gasteiger partial charge in [0, 0.05) is 19.6 Å². The summed E-state index contributed by atoms with van der Waals surface area (Å²) in [4.78, 5) is 41.1. The fourth-order valence-corrected chi connectivity index (χ4v) is 4.98. The minimum atomic E-state index is -0.336. The number of carbonyl (C=O) groups excluding carboxylic acids is 2. The number of nitrogens with zero attached hydrogens (tertiary/aromatic N) is 3. The number of para-hydroxylation sites is 3. The molecule has 2 atom stereocenters. The molecule has 0 spiro atoms. The van der Waals surface area contributed by atoms with E-state index in [1.807, 2.05) is 42.2 Å². The van der Waals surface area contributed by atoms with Gasteiger partial charge in [-0.25, -0.2) is 4.79 Å². The SMILES string of the molecule is CCCn1c(=O)n(CC(=O)Nc2ccccc2C(=O)N2CC(C)CC(C)C2)c2ccccc21. The number of aryl methyl sites for hydroxylation is 1. The smallest absolute Gasteiger partial charge is 0.329 e. The number of rotatable bonds is 6. The molecule has 3 aromatic rings. The van der Waals surface area contributed by atoms with Crippen LogP contribution in [0.4, 0.5) is 5.69 Å². The van der Waals surface area contributed by atoms with Gasteiger partial charge < -0.3 is 10.2 Å². The third-order valence-electron chi connectivity index (χ3n) is 6.26. The van der Waals surface area contributed by atoms with Crippen LogP contribution < -0.4 is 11.0 Å². The predicted molar refractivity (Wildman–Crippen MR) is 130 cm³/mol. The third-order valence-corrected chi connectivity index (χ3v) is 6.26. The lowest BCUT2D eigenvalue weighted by atomic mass is 9.91. The molecule has 7 heteroatoms. The zero-order valence-corrected chi connectivity index (χ0v) is 19.6. The second kappa shape index (κ2) is 9.65. The second-order valence-electron chi connectivity index (χ2n) is 9.26. The first kappa shape index (κ1) is 22.8. The van der Waals surface area contributed by atoms with E-state index in [-0.39, 0.29) is 24.0 Å². The highest BCUT2D eigenvalue weighted by Gasteiger charge is 2.27. The first-order valence-corrected chi connectivity index (χ1v) is 11.7. The molecule has 1 saturated heterocycles. The Morgan fingerprint density at radius 1 is 0.939 bits per heavy atom. The van der Waals surface area contributed by atoms with Gasteiger partial charge in [-0.3, -0.25) is 18.7 Å². The van der Waals surface area contributed by atoms with Gasteiger partial charge in [0.05, 0.1) is 22.3 Å². The molecule has 2 unspecified atom stereocenters. The summed E-state index contributed by atoms with van der Waals surface area (Å²) < 4.78 is 3.21. The van der Waals surface area contributed by atoms with E-state index < -0.39 is 0 Å². The molecule has 174 valence electrons. The normalized spacial score (nSPS) is 18.5. The van der Waals surface area contributed by atoms with Crippen LogP contribution in [0.15, 0.2) is 53.3 Å². The van der Waals surface area contributed by atoms with Crippen molar-refractivity contribution in [3.05, 3.63) is 64.6 Å². The highest BCUT2D eigenvalue weighted by molar-refractivity contribution is 6.04. The summed E-state index contributed by atoms with van der Waals surface area (Å²) in [5, 5.41) is 2.88. The van der Waals surface area contributed by atoms with Crippen molar-refractivity contribution in [2.45, 2.75) is 46.7 Å². The van der Waals surface area contributed by atoms with Crippen molar-refractivity contribution in [2.75, 3.05) is 18.4 Å². The van der Waals surface area contributed by atoms with Gasteiger partial charge in [0.2, 0.25) is 5.91 Å². The Hall–Kier alpha value is -3.35. The number of carbonyl (C=O) groups is 2. The second-order valence-corrected chi connectivity index (χ2v) is 9.26. The van der Waals surface area contributed by atoms with E-state index in [1.54, 1.807) is 22.8 Å². The van der Waals surface area contributed by atoms with Gasteiger partial charge in [0.25, 0.3) is 5.91 Å². The fraction of sp³-hybridized carbons (Fsp3) is 0.423. The number of fused-ring (bicyclic) bond motifs is 1. The van der Waals surface area contributed by atoms with Crippen LogP contribution in [0.3, 0.4) is 0 Å². The predicted octanol–water partition coefficient (Wildman–Crippen LogP) is 3.97. The molecule has 1 aromatic heterocycles. The number of piperidine rings is 1. The molecule has 0 bridgehead atoms. The number of imidazole rings is 1. The summed E-state index contributed by atoms with van der Waals surface area (Å²) in [5.41, 5.74) is 2.30. The minimum Gasteiger partial charge on any atom is -0.338 e. The Morgan fingerprint density at radius 3 is 2.21 bits per heavy atom. The van der Waals surface area contributed by atoms with Gasteiger partial charge in [0.15, 0.2) is 0 Å². The van der Waals surface area contributed by atoms with Crippen LogP contribution in [0.25, 0.3) is 11.0 Å². The topological polar surface area (TPSA) is 76.3 Å². The lowest BCUT2D eigenvalue weighted by Gasteiger charge is -2.35. The zero-order chi connectivity index (χ0) is 23.5. The van der Waals surface area contributed by atoms with Crippen LogP contribution in [0, 0.1) is 11.8 Å². The number of aromatic nitrogens is 2. The molecule has 2 aromatic carbocycles. The van der Waals surface area contributed by atoms with Crippen LogP contribution in [0.2, 0.25) is 0 Å². The van der Waals surface area contributed by atoms with Crippen molar-refractivity contribution in [1.29, 1.82) is 0 Å². The molecule has 2 amide bonds. The summed E-state index contributed by atoms with van der Waals surface area (Å²) >= 11 is 0. The van der Waals surface area contributed by atoms with Crippen molar-refractivity contribution in [3.63, 3.8) is 0 Å². The van der Waals surface area contributed by atoms with E-state index >= 15 is 0 Å². The summed E-state index contributed by atoms with van der Waals surface area (Å²) in [5.74, 6) is 0.497. The average Bonchev–Trinajstić information content (AvgIpc) is 3.04. The Bertz CT molecular complexity index is 1220. The van der Waals surface area contributed by atoms with E-state index in [1.165, 1.54) is 4.57 Å². The van der Waals surface area contributed by atoms with Crippen molar-refractivity contribution in [2.24, 2.45) is 11.8 Å². The van der Waals surface area contributed by atoms with E-state index in [2.05, 4.69) is 19.2 Å². The van der Waals surface area contributed by atoms with Crippen molar-refractivity contribution >= 4 is 28.5 Å². The first-order valence-electron chi connectivity index (χ1n) is 11.7. The van der Waals surface area contributed by atoms with Gasteiger partial charge in [-0.2, -0.15) is 0 Å². The maximum Gasteiger partial charge on any atom is 0.329 e. The Balaban J connectivity index is 1.57. The van der Waals surface area contributed by atoms with Gasteiger partial charge >= 0.3 is 5.69 Å².